The summed E-state index contributed by atoms with van der Waals surface area (Å²) >= 11 is 0. The zero-order valence-electron chi connectivity index (χ0n) is 8.87. The van der Waals surface area contributed by atoms with Crippen molar-refractivity contribution in [2.45, 2.75) is 19.8 Å². The maximum Gasteiger partial charge on any atom is 0.236 e. The Kier molecular flexibility index (Phi) is 4.90. The molecule has 0 bridgehead atoms. The molecule has 1 amide bonds. The molecule has 1 unspecified atom stereocenters. The van der Waals surface area contributed by atoms with E-state index in [0.717, 1.165) is 39.1 Å². The molecule has 0 aromatic rings. The maximum atomic E-state index is 11.3. The van der Waals surface area contributed by atoms with Gasteiger partial charge in [0.15, 0.2) is 0 Å². The Morgan fingerprint density at radius 2 is 2.43 bits per heavy atom. The van der Waals surface area contributed by atoms with E-state index in [-0.39, 0.29) is 12.5 Å². The highest BCUT2D eigenvalue weighted by molar-refractivity contribution is 5.78. The molecule has 0 saturated carbocycles. The van der Waals surface area contributed by atoms with Gasteiger partial charge in [0.1, 0.15) is 0 Å². The first-order valence-electron chi connectivity index (χ1n) is 5.33. The van der Waals surface area contributed by atoms with Gasteiger partial charge < -0.3 is 15.4 Å². The number of amides is 1. The molecule has 4 nitrogen and oxygen atoms in total. The molecule has 0 aromatic carbocycles. The lowest BCUT2D eigenvalue weighted by molar-refractivity contribution is -0.131. The lowest BCUT2D eigenvalue weighted by Crippen LogP contribution is -2.43. The van der Waals surface area contributed by atoms with Gasteiger partial charge in [-0.15, -0.1) is 0 Å². The van der Waals surface area contributed by atoms with Gasteiger partial charge in [-0.05, 0) is 25.7 Å². The predicted molar refractivity (Wildman–Crippen MR) is 54.9 cm³/mol. The van der Waals surface area contributed by atoms with Crippen molar-refractivity contribution in [1.82, 2.24) is 4.90 Å². The van der Waals surface area contributed by atoms with Crippen molar-refractivity contribution >= 4 is 5.91 Å². The van der Waals surface area contributed by atoms with Crippen LogP contribution >= 0.6 is 0 Å². The van der Waals surface area contributed by atoms with E-state index >= 15 is 0 Å². The third kappa shape index (κ3) is 3.27. The highest BCUT2D eigenvalue weighted by atomic mass is 16.5. The zero-order valence-corrected chi connectivity index (χ0v) is 8.87. The van der Waals surface area contributed by atoms with Crippen LogP contribution in [0.1, 0.15) is 19.8 Å². The molecule has 0 aromatic heterocycles. The standard InChI is InChI=1S/C10H20N2O2/c1-2-14-8-9-4-3-5-12(7-9)10(13)6-11/h9H,2-8,11H2,1H3. The number of carbonyl (C=O) groups excluding carboxylic acids is 1. The number of hydrogen-bond acceptors (Lipinski definition) is 3. The monoisotopic (exact) mass is 200 g/mol. The average molecular weight is 200 g/mol. The molecule has 1 atom stereocenters. The second-order valence-corrected chi connectivity index (χ2v) is 3.71. The second kappa shape index (κ2) is 5.98. The number of carbonyl (C=O) groups is 1. The number of likely N-dealkylation sites (tertiary alicyclic amines) is 1. The van der Waals surface area contributed by atoms with E-state index in [1.807, 2.05) is 11.8 Å². The highest BCUT2D eigenvalue weighted by Crippen LogP contribution is 2.16. The number of piperidine rings is 1. The van der Waals surface area contributed by atoms with Crippen LogP contribution in [0.2, 0.25) is 0 Å². The van der Waals surface area contributed by atoms with Gasteiger partial charge in [0.25, 0.3) is 0 Å². The average Bonchev–Trinajstić information content (AvgIpc) is 2.25. The summed E-state index contributed by atoms with van der Waals surface area (Å²) < 4.78 is 5.37. The van der Waals surface area contributed by atoms with Crippen molar-refractivity contribution in [3.63, 3.8) is 0 Å². The van der Waals surface area contributed by atoms with E-state index in [1.54, 1.807) is 0 Å². The summed E-state index contributed by atoms with van der Waals surface area (Å²) in [5.41, 5.74) is 5.33. The molecule has 1 saturated heterocycles. The van der Waals surface area contributed by atoms with Gasteiger partial charge in [-0.25, -0.2) is 0 Å². The van der Waals surface area contributed by atoms with Crippen molar-refractivity contribution in [3.05, 3.63) is 0 Å². The Morgan fingerprint density at radius 3 is 3.07 bits per heavy atom. The van der Waals surface area contributed by atoms with Gasteiger partial charge in [-0.3, -0.25) is 4.79 Å². The summed E-state index contributed by atoms with van der Waals surface area (Å²) in [6.45, 7) is 5.31. The molecule has 0 spiro atoms. The summed E-state index contributed by atoms with van der Waals surface area (Å²) in [7, 11) is 0. The van der Waals surface area contributed by atoms with Crippen molar-refractivity contribution in [3.8, 4) is 0 Å². The molecule has 1 heterocycles. The van der Waals surface area contributed by atoms with Crippen LogP contribution in [0, 0.1) is 5.92 Å². The highest BCUT2D eigenvalue weighted by Gasteiger charge is 2.22. The summed E-state index contributed by atoms with van der Waals surface area (Å²) in [6, 6.07) is 0. The molecule has 2 N–H and O–H groups in total. The quantitative estimate of drug-likeness (QED) is 0.706. The number of rotatable bonds is 4. The third-order valence-corrected chi connectivity index (χ3v) is 2.60. The number of hydrogen-bond donors (Lipinski definition) is 1. The van der Waals surface area contributed by atoms with Crippen LogP contribution in [0.25, 0.3) is 0 Å². The van der Waals surface area contributed by atoms with E-state index < -0.39 is 0 Å². The van der Waals surface area contributed by atoms with Crippen LogP contribution in [0.3, 0.4) is 0 Å². The predicted octanol–water partition coefficient (Wildman–Crippen LogP) is 0.220. The van der Waals surface area contributed by atoms with Crippen molar-refractivity contribution in [2.75, 3.05) is 32.8 Å². The molecule has 1 fully saturated rings. The Hall–Kier alpha value is -0.610. The van der Waals surface area contributed by atoms with Crippen LogP contribution < -0.4 is 5.73 Å². The van der Waals surface area contributed by atoms with Crippen LogP contribution in [0.15, 0.2) is 0 Å². The van der Waals surface area contributed by atoms with Gasteiger partial charge in [-0.2, -0.15) is 0 Å². The number of nitrogens with two attached hydrogens (primary N) is 1. The maximum absolute atomic E-state index is 11.3. The van der Waals surface area contributed by atoms with E-state index in [4.69, 9.17) is 10.5 Å². The smallest absolute Gasteiger partial charge is 0.236 e. The molecular weight excluding hydrogens is 180 g/mol. The van der Waals surface area contributed by atoms with E-state index in [9.17, 15) is 4.79 Å². The Balaban J connectivity index is 2.31. The molecule has 14 heavy (non-hydrogen) atoms. The fourth-order valence-corrected chi connectivity index (χ4v) is 1.84. The van der Waals surface area contributed by atoms with Crippen LogP contribution in [0.4, 0.5) is 0 Å². The van der Waals surface area contributed by atoms with Crippen LogP contribution in [-0.4, -0.2) is 43.7 Å². The first kappa shape index (κ1) is 11.5. The minimum Gasteiger partial charge on any atom is -0.381 e. The molecule has 1 aliphatic rings. The molecule has 1 aliphatic heterocycles. The van der Waals surface area contributed by atoms with Crippen molar-refractivity contribution in [1.29, 1.82) is 0 Å². The minimum atomic E-state index is 0.0613. The Bertz CT molecular complexity index is 185. The SMILES string of the molecule is CCOCC1CCCN(C(=O)CN)C1. The lowest BCUT2D eigenvalue weighted by Gasteiger charge is -2.32. The van der Waals surface area contributed by atoms with Crippen molar-refractivity contribution in [2.24, 2.45) is 11.7 Å². The fourth-order valence-electron chi connectivity index (χ4n) is 1.84. The first-order valence-corrected chi connectivity index (χ1v) is 5.33. The van der Waals surface area contributed by atoms with E-state index in [2.05, 4.69) is 0 Å². The number of nitrogens with zero attached hydrogens (tertiary/aromatic N) is 1. The third-order valence-electron chi connectivity index (χ3n) is 2.60. The van der Waals surface area contributed by atoms with E-state index in [0.29, 0.717) is 5.92 Å². The topological polar surface area (TPSA) is 55.6 Å². The van der Waals surface area contributed by atoms with Gasteiger partial charge in [0, 0.05) is 19.7 Å². The van der Waals surface area contributed by atoms with Gasteiger partial charge in [-0.1, -0.05) is 0 Å². The summed E-state index contributed by atoms with van der Waals surface area (Å²) in [5.74, 6) is 0.561. The Labute approximate surface area is 85.4 Å². The second-order valence-electron chi connectivity index (χ2n) is 3.71. The van der Waals surface area contributed by atoms with Gasteiger partial charge >= 0.3 is 0 Å². The molecule has 0 aliphatic carbocycles. The van der Waals surface area contributed by atoms with Crippen LogP contribution in [0.5, 0.6) is 0 Å². The molecule has 1 rings (SSSR count). The van der Waals surface area contributed by atoms with Gasteiger partial charge in [0.05, 0.1) is 13.2 Å². The lowest BCUT2D eigenvalue weighted by atomic mass is 9.99. The number of ether oxygens (including phenoxy) is 1. The molecule has 4 heteroatoms. The Morgan fingerprint density at radius 1 is 1.64 bits per heavy atom. The zero-order chi connectivity index (χ0) is 10.4. The normalized spacial score (nSPS) is 22.4. The van der Waals surface area contributed by atoms with E-state index in [1.165, 1.54) is 0 Å². The fraction of sp³-hybridized carbons (Fsp3) is 0.900. The summed E-state index contributed by atoms with van der Waals surface area (Å²) in [6.07, 6.45) is 2.23. The van der Waals surface area contributed by atoms with Crippen molar-refractivity contribution < 1.29 is 9.53 Å². The molecule has 82 valence electrons. The largest absolute Gasteiger partial charge is 0.381 e. The summed E-state index contributed by atoms with van der Waals surface area (Å²) in [5, 5.41) is 0. The minimum absolute atomic E-state index is 0.0613. The van der Waals surface area contributed by atoms with Gasteiger partial charge in [0.2, 0.25) is 5.91 Å². The molecule has 0 radical (unpaired) electrons. The summed E-state index contributed by atoms with van der Waals surface area (Å²) in [4.78, 5) is 13.2. The van der Waals surface area contributed by atoms with Crippen LogP contribution in [-0.2, 0) is 9.53 Å². The first-order chi connectivity index (χ1) is 6.77. The molecular formula is C10H20N2O2.